The molecule has 6 nitrogen and oxygen atoms in total. The van der Waals surface area contributed by atoms with Crippen molar-refractivity contribution in [3.05, 3.63) is 30.1 Å². The monoisotopic (exact) mass is 359 g/mol. The molecule has 2 saturated heterocycles. The Labute approximate surface area is 141 Å². The Hall–Kier alpha value is -1.06. The van der Waals surface area contributed by atoms with Gasteiger partial charge in [-0.05, 0) is 31.5 Å². The third-order valence-electron chi connectivity index (χ3n) is 4.43. The van der Waals surface area contributed by atoms with Crippen LogP contribution in [0.2, 0.25) is 0 Å². The Morgan fingerprint density at radius 2 is 2.25 bits per heavy atom. The molecule has 2 unspecified atom stereocenters. The Morgan fingerprint density at radius 3 is 3.00 bits per heavy atom. The fourth-order valence-electron chi connectivity index (χ4n) is 3.29. The molecule has 3 rings (SSSR count). The molecule has 0 aromatic heterocycles. The summed E-state index contributed by atoms with van der Waals surface area (Å²) in [6, 6.07) is 5.09. The summed E-state index contributed by atoms with van der Waals surface area (Å²) in [6.45, 7) is 3.95. The molecule has 0 aliphatic carbocycles. The molecule has 24 heavy (non-hydrogen) atoms. The van der Waals surface area contributed by atoms with Gasteiger partial charge in [-0.25, -0.2) is 12.8 Å². The lowest BCUT2D eigenvalue weighted by molar-refractivity contribution is -0.0315. The zero-order valence-corrected chi connectivity index (χ0v) is 14.4. The molecular formula is C16H22FNO5S. The van der Waals surface area contributed by atoms with Gasteiger partial charge in [0, 0.05) is 13.2 Å². The number of hydrogen-bond acceptors (Lipinski definition) is 5. The summed E-state index contributed by atoms with van der Waals surface area (Å²) in [5, 5.41) is 0. The molecule has 0 N–H and O–H groups in total. The average molecular weight is 359 g/mol. The first-order chi connectivity index (χ1) is 11.5. The average Bonchev–Trinajstić information content (AvgIpc) is 2.96. The number of hydrogen-bond donors (Lipinski definition) is 0. The van der Waals surface area contributed by atoms with E-state index in [1.807, 2.05) is 6.92 Å². The van der Waals surface area contributed by atoms with Gasteiger partial charge in [-0.1, -0.05) is 6.07 Å². The van der Waals surface area contributed by atoms with Gasteiger partial charge in [0.1, 0.15) is 5.82 Å². The van der Waals surface area contributed by atoms with Crippen LogP contribution < -0.4 is 0 Å². The first-order valence-corrected chi connectivity index (χ1v) is 9.47. The van der Waals surface area contributed by atoms with Gasteiger partial charge in [0.25, 0.3) is 0 Å². The quantitative estimate of drug-likeness (QED) is 0.795. The predicted octanol–water partition coefficient (Wildman–Crippen LogP) is 1.41. The van der Waals surface area contributed by atoms with Crippen molar-refractivity contribution >= 4 is 10.0 Å². The summed E-state index contributed by atoms with van der Waals surface area (Å²) in [5.74, 6) is -0.574. The maximum atomic E-state index is 13.5. The van der Waals surface area contributed by atoms with Crippen LogP contribution in [0.4, 0.5) is 4.39 Å². The highest BCUT2D eigenvalue weighted by Gasteiger charge is 2.51. The van der Waals surface area contributed by atoms with E-state index in [1.165, 1.54) is 22.5 Å². The lowest BCUT2D eigenvalue weighted by Crippen LogP contribution is -2.59. The minimum Gasteiger partial charge on any atom is -0.379 e. The number of ether oxygens (including phenoxy) is 3. The van der Waals surface area contributed by atoms with Crippen LogP contribution in [0.3, 0.4) is 0 Å². The van der Waals surface area contributed by atoms with E-state index in [0.717, 1.165) is 6.07 Å². The van der Waals surface area contributed by atoms with Crippen LogP contribution >= 0.6 is 0 Å². The Balaban J connectivity index is 1.87. The molecule has 0 radical (unpaired) electrons. The topological polar surface area (TPSA) is 65.1 Å². The number of halogens is 1. The third-order valence-corrected chi connectivity index (χ3v) is 6.43. The van der Waals surface area contributed by atoms with E-state index in [4.69, 9.17) is 14.2 Å². The molecule has 0 amide bonds. The van der Waals surface area contributed by atoms with E-state index in [9.17, 15) is 12.8 Å². The number of sulfonamides is 1. The van der Waals surface area contributed by atoms with Gasteiger partial charge in [-0.15, -0.1) is 0 Å². The normalized spacial score (nSPS) is 28.5. The fraction of sp³-hybridized carbons (Fsp3) is 0.625. The Kier molecular flexibility index (Phi) is 5.22. The van der Waals surface area contributed by atoms with Crippen LogP contribution in [-0.4, -0.2) is 63.9 Å². The Bertz CT molecular complexity index is 683. The first kappa shape index (κ1) is 17.8. The maximum Gasteiger partial charge on any atom is 0.243 e. The summed E-state index contributed by atoms with van der Waals surface area (Å²) >= 11 is 0. The highest BCUT2D eigenvalue weighted by Crippen LogP contribution is 2.37. The number of rotatable bonds is 5. The van der Waals surface area contributed by atoms with E-state index < -0.39 is 21.4 Å². The number of morpholine rings is 1. The molecule has 1 spiro atoms. The summed E-state index contributed by atoms with van der Waals surface area (Å²) in [7, 11) is -3.83. The maximum absolute atomic E-state index is 13.5. The van der Waals surface area contributed by atoms with Crippen molar-refractivity contribution in [3.63, 3.8) is 0 Å². The third kappa shape index (κ3) is 3.34. The predicted molar refractivity (Wildman–Crippen MR) is 84.7 cm³/mol. The molecule has 2 heterocycles. The largest absolute Gasteiger partial charge is 0.379 e. The lowest BCUT2D eigenvalue weighted by atomic mass is 9.96. The zero-order valence-electron chi connectivity index (χ0n) is 13.6. The Morgan fingerprint density at radius 1 is 1.42 bits per heavy atom. The molecule has 2 aliphatic rings. The lowest BCUT2D eigenvalue weighted by Gasteiger charge is -2.42. The number of benzene rings is 1. The van der Waals surface area contributed by atoms with Crippen molar-refractivity contribution in [3.8, 4) is 0 Å². The number of nitrogens with zero attached hydrogens (tertiary/aromatic N) is 1. The smallest absolute Gasteiger partial charge is 0.243 e. The van der Waals surface area contributed by atoms with Crippen molar-refractivity contribution in [2.24, 2.45) is 0 Å². The second kappa shape index (κ2) is 7.05. The van der Waals surface area contributed by atoms with Gasteiger partial charge in [-0.2, -0.15) is 4.31 Å². The van der Waals surface area contributed by atoms with E-state index in [0.29, 0.717) is 26.2 Å². The molecule has 134 valence electrons. The second-order valence-corrected chi connectivity index (χ2v) is 7.97. The molecular weight excluding hydrogens is 337 g/mol. The molecule has 2 fully saturated rings. The molecule has 8 heteroatoms. The van der Waals surface area contributed by atoms with Crippen LogP contribution in [0.25, 0.3) is 0 Å². The first-order valence-electron chi connectivity index (χ1n) is 8.03. The second-order valence-electron chi connectivity index (χ2n) is 6.11. The van der Waals surface area contributed by atoms with Gasteiger partial charge in [0.2, 0.25) is 10.0 Å². The van der Waals surface area contributed by atoms with Crippen molar-refractivity contribution < 1.29 is 27.0 Å². The molecule has 0 bridgehead atoms. The van der Waals surface area contributed by atoms with Gasteiger partial charge < -0.3 is 14.2 Å². The van der Waals surface area contributed by atoms with Gasteiger partial charge in [0.05, 0.1) is 43.0 Å². The SMILES string of the molecule is CCOCC1CC2(COCCN2S(=O)(=O)c2cccc(F)c2)CO1. The van der Waals surface area contributed by atoms with Crippen LogP contribution in [0.15, 0.2) is 29.2 Å². The van der Waals surface area contributed by atoms with Crippen LogP contribution in [0.5, 0.6) is 0 Å². The van der Waals surface area contributed by atoms with Crippen LogP contribution in [0, 0.1) is 5.82 Å². The summed E-state index contributed by atoms with van der Waals surface area (Å²) < 4.78 is 57.7. The molecule has 1 aromatic carbocycles. The molecule has 2 atom stereocenters. The van der Waals surface area contributed by atoms with Crippen molar-refractivity contribution in [1.29, 1.82) is 0 Å². The zero-order chi connectivity index (χ0) is 17.2. The van der Waals surface area contributed by atoms with Gasteiger partial charge >= 0.3 is 0 Å². The van der Waals surface area contributed by atoms with E-state index in [1.54, 1.807) is 0 Å². The summed E-state index contributed by atoms with van der Waals surface area (Å²) in [6.07, 6.45) is 0.332. The van der Waals surface area contributed by atoms with Crippen molar-refractivity contribution in [2.75, 3.05) is 39.6 Å². The molecule has 2 aliphatic heterocycles. The van der Waals surface area contributed by atoms with Crippen molar-refractivity contribution in [1.82, 2.24) is 4.31 Å². The minimum atomic E-state index is -3.83. The van der Waals surface area contributed by atoms with Gasteiger partial charge in [-0.3, -0.25) is 0 Å². The highest BCUT2D eigenvalue weighted by molar-refractivity contribution is 7.89. The molecule has 1 aromatic rings. The summed E-state index contributed by atoms with van der Waals surface area (Å²) in [5.41, 5.74) is -0.759. The van der Waals surface area contributed by atoms with Gasteiger partial charge in [0.15, 0.2) is 0 Å². The van der Waals surface area contributed by atoms with E-state index in [2.05, 4.69) is 0 Å². The van der Waals surface area contributed by atoms with E-state index >= 15 is 0 Å². The molecule has 0 saturated carbocycles. The van der Waals surface area contributed by atoms with E-state index in [-0.39, 0.29) is 30.8 Å². The summed E-state index contributed by atoms with van der Waals surface area (Å²) in [4.78, 5) is -0.0444. The van der Waals surface area contributed by atoms with Crippen molar-refractivity contribution in [2.45, 2.75) is 29.9 Å². The van der Waals surface area contributed by atoms with Crippen LogP contribution in [-0.2, 0) is 24.2 Å². The minimum absolute atomic E-state index is 0.0444. The highest BCUT2D eigenvalue weighted by atomic mass is 32.2. The van der Waals surface area contributed by atoms with Crippen LogP contribution in [0.1, 0.15) is 13.3 Å². The fourth-order valence-corrected chi connectivity index (χ4v) is 5.07. The standard InChI is InChI=1S/C16H22FNO5S/c1-2-21-10-14-9-16(12-23-14)11-22-7-6-18(16)24(19,20)15-5-3-4-13(17)8-15/h3-5,8,14H,2,6-7,9-12H2,1H3.